The molecule has 3 heterocycles. The van der Waals surface area contributed by atoms with Gasteiger partial charge in [0, 0.05) is 16.6 Å². The average molecular weight is 460 g/mol. The van der Waals surface area contributed by atoms with Crippen molar-refractivity contribution in [1.82, 2.24) is 19.2 Å². The molecular formula is C24H21N5O3S. The molecule has 8 nitrogen and oxygen atoms in total. The number of methoxy groups -OCH3 is 1. The van der Waals surface area contributed by atoms with Gasteiger partial charge in [-0.2, -0.15) is 0 Å². The van der Waals surface area contributed by atoms with E-state index >= 15 is 0 Å². The Morgan fingerprint density at radius 2 is 1.88 bits per heavy atom. The standard InChI is InChI=1S/C24H21N5O3S/c1-3-15-4-8-17(9-5-15)26-20(30)12-29-24(31)28-14-25-21-19(13-33-22(21)23(28)27-29)16-6-10-18(32-2)11-7-16/h4-11,13-14H,3,12H2,1-2H3,(H,26,30). The van der Waals surface area contributed by atoms with Crippen LogP contribution in [0.25, 0.3) is 27.0 Å². The zero-order valence-electron chi connectivity index (χ0n) is 18.1. The third kappa shape index (κ3) is 3.87. The molecule has 0 aliphatic carbocycles. The Kier molecular flexibility index (Phi) is 5.39. The van der Waals surface area contributed by atoms with Crippen LogP contribution in [0.15, 0.2) is 65.0 Å². The van der Waals surface area contributed by atoms with Crippen molar-refractivity contribution in [2.45, 2.75) is 19.9 Å². The Morgan fingerprint density at radius 3 is 2.58 bits per heavy atom. The number of amides is 1. The smallest absolute Gasteiger partial charge is 0.352 e. The number of carbonyl (C=O) groups excluding carboxylic acids is 1. The fourth-order valence-corrected chi connectivity index (χ4v) is 4.67. The summed E-state index contributed by atoms with van der Waals surface area (Å²) in [6.45, 7) is 1.89. The van der Waals surface area contributed by atoms with Crippen molar-refractivity contribution in [1.29, 1.82) is 0 Å². The lowest BCUT2D eigenvalue weighted by Gasteiger charge is -2.05. The minimum Gasteiger partial charge on any atom is -0.497 e. The fourth-order valence-electron chi connectivity index (χ4n) is 3.67. The molecule has 2 aromatic carbocycles. The molecule has 1 N–H and O–H groups in total. The number of rotatable bonds is 6. The quantitative estimate of drug-likeness (QED) is 0.415. The maximum absolute atomic E-state index is 12.8. The van der Waals surface area contributed by atoms with Crippen LogP contribution in [0.2, 0.25) is 0 Å². The number of thiophene rings is 1. The summed E-state index contributed by atoms with van der Waals surface area (Å²) >= 11 is 1.47. The van der Waals surface area contributed by atoms with Crippen molar-refractivity contribution >= 4 is 38.8 Å². The van der Waals surface area contributed by atoms with Crippen LogP contribution in [0.4, 0.5) is 5.69 Å². The number of nitrogens with zero attached hydrogens (tertiary/aromatic N) is 4. The third-order valence-electron chi connectivity index (χ3n) is 5.48. The predicted molar refractivity (Wildman–Crippen MR) is 129 cm³/mol. The van der Waals surface area contributed by atoms with Gasteiger partial charge in [0.15, 0.2) is 5.65 Å². The number of anilines is 1. The van der Waals surface area contributed by atoms with Gasteiger partial charge in [-0.25, -0.2) is 18.9 Å². The molecule has 5 aromatic rings. The molecule has 33 heavy (non-hydrogen) atoms. The van der Waals surface area contributed by atoms with Crippen LogP contribution in [-0.4, -0.2) is 32.2 Å². The van der Waals surface area contributed by atoms with Crippen LogP contribution >= 0.6 is 11.3 Å². The first-order chi connectivity index (χ1) is 16.1. The molecule has 0 saturated heterocycles. The number of hydrogen-bond acceptors (Lipinski definition) is 6. The summed E-state index contributed by atoms with van der Waals surface area (Å²) in [4.78, 5) is 29.9. The van der Waals surface area contributed by atoms with Crippen molar-refractivity contribution in [3.8, 4) is 16.9 Å². The van der Waals surface area contributed by atoms with Gasteiger partial charge in [-0.05, 0) is 41.8 Å². The van der Waals surface area contributed by atoms with Crippen LogP contribution in [0, 0.1) is 0 Å². The molecular weight excluding hydrogens is 438 g/mol. The highest BCUT2D eigenvalue weighted by molar-refractivity contribution is 7.18. The normalized spacial score (nSPS) is 11.2. The van der Waals surface area contributed by atoms with Crippen LogP contribution in [-0.2, 0) is 17.8 Å². The summed E-state index contributed by atoms with van der Waals surface area (Å²) in [6.07, 6.45) is 2.39. The van der Waals surface area contributed by atoms with E-state index in [1.54, 1.807) is 7.11 Å². The number of benzene rings is 2. The van der Waals surface area contributed by atoms with E-state index in [9.17, 15) is 9.59 Å². The van der Waals surface area contributed by atoms with Crippen molar-refractivity contribution in [2.75, 3.05) is 12.4 Å². The van der Waals surface area contributed by atoms with Crippen molar-refractivity contribution in [3.05, 3.63) is 76.3 Å². The van der Waals surface area contributed by atoms with E-state index in [4.69, 9.17) is 4.74 Å². The number of aromatic nitrogens is 4. The summed E-state index contributed by atoms with van der Waals surface area (Å²) in [7, 11) is 1.63. The zero-order valence-corrected chi connectivity index (χ0v) is 18.9. The van der Waals surface area contributed by atoms with Gasteiger partial charge in [0.05, 0.1) is 17.3 Å². The minimum atomic E-state index is -0.407. The highest BCUT2D eigenvalue weighted by atomic mass is 32.1. The van der Waals surface area contributed by atoms with E-state index in [0.717, 1.165) is 33.5 Å². The lowest BCUT2D eigenvalue weighted by atomic mass is 10.1. The van der Waals surface area contributed by atoms with E-state index in [-0.39, 0.29) is 12.5 Å². The van der Waals surface area contributed by atoms with Crippen LogP contribution < -0.4 is 15.7 Å². The molecule has 9 heteroatoms. The van der Waals surface area contributed by atoms with Crippen LogP contribution in [0.5, 0.6) is 5.75 Å². The summed E-state index contributed by atoms with van der Waals surface area (Å²) in [6, 6.07) is 15.4. The van der Waals surface area contributed by atoms with E-state index < -0.39 is 5.69 Å². The third-order valence-corrected chi connectivity index (χ3v) is 6.45. The van der Waals surface area contributed by atoms with Gasteiger partial charge < -0.3 is 10.1 Å². The summed E-state index contributed by atoms with van der Waals surface area (Å²) in [5.41, 5.74) is 4.65. The van der Waals surface area contributed by atoms with Crippen molar-refractivity contribution in [3.63, 3.8) is 0 Å². The van der Waals surface area contributed by atoms with Crippen LogP contribution in [0.1, 0.15) is 12.5 Å². The van der Waals surface area contributed by atoms with Gasteiger partial charge in [-0.1, -0.05) is 31.2 Å². The average Bonchev–Trinajstić information content (AvgIpc) is 3.41. The molecule has 0 bridgehead atoms. The monoisotopic (exact) mass is 459 g/mol. The lowest BCUT2D eigenvalue weighted by molar-refractivity contribution is -0.117. The van der Waals surface area contributed by atoms with E-state index in [2.05, 4.69) is 22.3 Å². The molecule has 0 atom stereocenters. The Hall–Kier alpha value is -3.98. The molecule has 3 aromatic heterocycles. The maximum atomic E-state index is 12.8. The zero-order chi connectivity index (χ0) is 22.9. The Labute approximate surface area is 193 Å². The molecule has 0 aliphatic heterocycles. The summed E-state index contributed by atoms with van der Waals surface area (Å²) < 4.78 is 8.56. The van der Waals surface area contributed by atoms with Gasteiger partial charge in [-0.3, -0.25) is 4.79 Å². The molecule has 0 saturated carbocycles. The highest BCUT2D eigenvalue weighted by Crippen LogP contribution is 2.34. The van der Waals surface area contributed by atoms with Crippen molar-refractivity contribution < 1.29 is 9.53 Å². The second-order valence-electron chi connectivity index (χ2n) is 7.53. The second kappa shape index (κ2) is 8.51. The van der Waals surface area contributed by atoms with E-state index in [1.807, 2.05) is 53.9 Å². The number of nitrogens with one attached hydrogen (secondary N) is 1. The fraction of sp³-hybridized carbons (Fsp3) is 0.167. The number of ether oxygens (including phenoxy) is 1. The first-order valence-corrected chi connectivity index (χ1v) is 11.3. The Balaban J connectivity index is 1.45. The van der Waals surface area contributed by atoms with Gasteiger partial charge in [0.2, 0.25) is 5.91 Å². The van der Waals surface area contributed by atoms with Crippen LogP contribution in [0.3, 0.4) is 0 Å². The van der Waals surface area contributed by atoms with E-state index in [0.29, 0.717) is 11.3 Å². The SMILES string of the molecule is CCc1ccc(NC(=O)Cn2nc3c4scc(-c5ccc(OC)cc5)c4ncn3c2=O)cc1. The molecule has 0 aliphatic rings. The first-order valence-electron chi connectivity index (χ1n) is 10.5. The predicted octanol–water partition coefficient (Wildman–Crippen LogP) is 3.98. The summed E-state index contributed by atoms with van der Waals surface area (Å²) in [5, 5.41) is 9.25. The topological polar surface area (TPSA) is 90.5 Å². The minimum absolute atomic E-state index is 0.186. The van der Waals surface area contributed by atoms with Gasteiger partial charge in [0.1, 0.15) is 18.6 Å². The largest absolute Gasteiger partial charge is 0.497 e. The van der Waals surface area contributed by atoms with Crippen molar-refractivity contribution in [2.24, 2.45) is 0 Å². The Morgan fingerprint density at radius 1 is 1.12 bits per heavy atom. The highest BCUT2D eigenvalue weighted by Gasteiger charge is 2.17. The molecule has 1 amide bonds. The summed E-state index contributed by atoms with van der Waals surface area (Å²) in [5.74, 6) is 0.456. The molecule has 5 rings (SSSR count). The molecule has 0 fully saturated rings. The Bertz CT molecular complexity index is 1510. The number of aryl methyl sites for hydroxylation is 1. The molecule has 0 radical (unpaired) electrons. The number of fused-ring (bicyclic) bond motifs is 3. The molecule has 0 spiro atoms. The number of carbonyl (C=O) groups is 1. The number of hydrogen-bond donors (Lipinski definition) is 1. The van der Waals surface area contributed by atoms with Gasteiger partial charge >= 0.3 is 5.69 Å². The maximum Gasteiger partial charge on any atom is 0.352 e. The van der Waals surface area contributed by atoms with E-state index in [1.165, 1.54) is 32.3 Å². The first kappa shape index (κ1) is 20.9. The molecule has 166 valence electrons. The molecule has 0 unspecified atom stereocenters. The van der Waals surface area contributed by atoms with Gasteiger partial charge in [-0.15, -0.1) is 16.4 Å². The lowest BCUT2D eigenvalue weighted by Crippen LogP contribution is -2.28. The second-order valence-corrected chi connectivity index (χ2v) is 8.41. The van der Waals surface area contributed by atoms with Gasteiger partial charge in [0.25, 0.3) is 0 Å².